The molecule has 6 N–H and O–H groups in total. The quantitative estimate of drug-likeness (QED) is 0.0808. The van der Waals surface area contributed by atoms with E-state index in [1.54, 1.807) is 44.2 Å². The first-order valence-corrected chi connectivity index (χ1v) is 24.8. The molecule has 2 aliphatic heterocycles. The number of hydrogen-bond acceptors (Lipinski definition) is 11. The number of esters is 1. The minimum Gasteiger partial charge on any atom is -0.458 e. The van der Waals surface area contributed by atoms with Gasteiger partial charge in [-0.3, -0.25) is 24.0 Å². The monoisotopic (exact) mass is 1000 g/mol. The molecular formula is C56H54FN7O10. The van der Waals surface area contributed by atoms with E-state index in [0.717, 1.165) is 33.4 Å². The Balaban J connectivity index is 0.821. The van der Waals surface area contributed by atoms with Crippen LogP contribution in [0.1, 0.15) is 94.6 Å². The summed E-state index contributed by atoms with van der Waals surface area (Å²) in [5.41, 5.74) is 12.2. The van der Waals surface area contributed by atoms with Crippen LogP contribution in [0.3, 0.4) is 0 Å². The van der Waals surface area contributed by atoms with Crippen LogP contribution in [0, 0.1) is 12.7 Å². The van der Waals surface area contributed by atoms with E-state index in [4.69, 9.17) is 20.2 Å². The molecule has 10 rings (SSSR count). The number of aryl methyl sites for hydroxylation is 1. The van der Waals surface area contributed by atoms with Crippen molar-refractivity contribution in [2.24, 2.45) is 5.73 Å². The summed E-state index contributed by atoms with van der Waals surface area (Å²) < 4.78 is 27.8. The van der Waals surface area contributed by atoms with Crippen LogP contribution in [0.15, 0.2) is 95.8 Å². The number of nitrogens with two attached hydrogens (primary N) is 1. The molecule has 5 amide bonds. The number of amides is 5. The summed E-state index contributed by atoms with van der Waals surface area (Å²) in [6.07, 6.45) is -0.0217. The molecule has 3 atom stereocenters. The molecule has 0 unspecified atom stereocenters. The molecule has 0 spiro atoms. The van der Waals surface area contributed by atoms with Gasteiger partial charge >= 0.3 is 12.1 Å². The number of nitrogens with zero attached hydrogens (tertiary/aromatic N) is 3. The van der Waals surface area contributed by atoms with Gasteiger partial charge in [0.2, 0.25) is 23.6 Å². The van der Waals surface area contributed by atoms with Crippen LogP contribution in [0.5, 0.6) is 0 Å². The summed E-state index contributed by atoms with van der Waals surface area (Å²) in [4.78, 5) is 100. The van der Waals surface area contributed by atoms with E-state index in [2.05, 4.69) is 16.0 Å². The van der Waals surface area contributed by atoms with Gasteiger partial charge in [0.05, 0.1) is 41.6 Å². The first-order chi connectivity index (χ1) is 35.7. The first-order valence-electron chi connectivity index (χ1n) is 24.8. The lowest BCUT2D eigenvalue weighted by Crippen LogP contribution is -2.53. The number of alkyl carbamates (subject to hydrolysis) is 1. The lowest BCUT2D eigenvalue weighted by atomic mass is 9.81. The molecule has 0 radical (unpaired) electrons. The zero-order chi connectivity index (χ0) is 52.0. The maximum absolute atomic E-state index is 15.5. The van der Waals surface area contributed by atoms with Crippen LogP contribution >= 0.6 is 0 Å². The number of ether oxygens (including phenoxy) is 2. The van der Waals surface area contributed by atoms with E-state index in [1.165, 1.54) is 15.5 Å². The summed E-state index contributed by atoms with van der Waals surface area (Å²) in [6, 6.07) is 25.9. The molecule has 0 saturated heterocycles. The minimum absolute atomic E-state index is 0.0414. The van der Waals surface area contributed by atoms with Crippen LogP contribution < -0.4 is 27.2 Å². The highest BCUT2D eigenvalue weighted by Crippen LogP contribution is 2.47. The summed E-state index contributed by atoms with van der Waals surface area (Å²) in [6.45, 7) is 1.95. The molecule has 74 heavy (non-hydrogen) atoms. The van der Waals surface area contributed by atoms with Gasteiger partial charge in [-0.2, -0.15) is 0 Å². The van der Waals surface area contributed by atoms with Crippen LogP contribution in [0.4, 0.5) is 9.18 Å². The highest BCUT2D eigenvalue weighted by molar-refractivity contribution is 5.94. The van der Waals surface area contributed by atoms with E-state index in [1.807, 2.05) is 54.6 Å². The van der Waals surface area contributed by atoms with Gasteiger partial charge in [0.15, 0.2) is 5.60 Å². The van der Waals surface area contributed by atoms with Crippen LogP contribution in [-0.2, 0) is 65.0 Å². The van der Waals surface area contributed by atoms with Crippen molar-refractivity contribution in [1.29, 1.82) is 0 Å². The fourth-order valence-corrected chi connectivity index (χ4v) is 11.2. The van der Waals surface area contributed by atoms with Gasteiger partial charge in [-0.15, -0.1) is 0 Å². The van der Waals surface area contributed by atoms with Gasteiger partial charge in [-0.25, -0.2) is 19.0 Å². The highest BCUT2D eigenvalue weighted by Gasteiger charge is 2.46. The zero-order valence-corrected chi connectivity index (χ0v) is 40.8. The maximum atomic E-state index is 15.5. The predicted octanol–water partition coefficient (Wildman–Crippen LogP) is 4.99. The largest absolute Gasteiger partial charge is 0.458 e. The van der Waals surface area contributed by atoms with Crippen molar-refractivity contribution in [1.82, 2.24) is 30.4 Å². The minimum atomic E-state index is -2.05. The molecule has 0 saturated carbocycles. The number of hydrogen-bond donors (Lipinski definition) is 5. The van der Waals surface area contributed by atoms with Crippen molar-refractivity contribution in [3.8, 4) is 22.5 Å². The van der Waals surface area contributed by atoms with E-state index in [9.17, 15) is 38.7 Å². The molecule has 380 valence electrons. The van der Waals surface area contributed by atoms with E-state index in [-0.39, 0.29) is 74.9 Å². The highest BCUT2D eigenvalue weighted by atomic mass is 19.1. The molecule has 17 nitrogen and oxygen atoms in total. The van der Waals surface area contributed by atoms with Crippen molar-refractivity contribution in [3.63, 3.8) is 0 Å². The van der Waals surface area contributed by atoms with E-state index in [0.29, 0.717) is 51.8 Å². The number of aromatic nitrogens is 2. The molecule has 4 aliphatic rings. The number of benzene rings is 4. The Morgan fingerprint density at radius 1 is 0.932 bits per heavy atom. The van der Waals surface area contributed by atoms with Crippen molar-refractivity contribution >= 4 is 46.6 Å². The number of cyclic esters (lactones) is 1. The number of fused-ring (bicyclic) bond motifs is 8. The third kappa shape index (κ3) is 8.92. The Bertz CT molecular complexity index is 3330. The molecule has 18 heteroatoms. The fourth-order valence-electron chi connectivity index (χ4n) is 11.2. The lowest BCUT2D eigenvalue weighted by molar-refractivity contribution is -0.172. The van der Waals surface area contributed by atoms with Gasteiger partial charge in [0.25, 0.3) is 5.56 Å². The Labute approximate surface area is 424 Å². The van der Waals surface area contributed by atoms with Crippen LogP contribution in [0.25, 0.3) is 33.4 Å². The van der Waals surface area contributed by atoms with Crippen molar-refractivity contribution in [2.45, 2.75) is 89.1 Å². The van der Waals surface area contributed by atoms with Gasteiger partial charge in [-0.1, -0.05) is 85.8 Å². The SMILES string of the molecule is CC[C@@]1(O)C(=O)OCc2c1cc1n(c2=O)Cc2c-1nc1cc(F)c(C)c3c1c2[C@@H](NC(=O)CCCN(C(=O)CNC(=O)CNC(=O)OCC1c2ccccc2-c2ccccc21)[C@@H](Cc1ccccc1)C(N)=O)CC3. The number of primary amides is 1. The molecule has 2 aliphatic carbocycles. The van der Waals surface area contributed by atoms with Crippen molar-refractivity contribution in [3.05, 3.63) is 157 Å². The van der Waals surface area contributed by atoms with Crippen LogP contribution in [0.2, 0.25) is 0 Å². The van der Waals surface area contributed by atoms with E-state index < -0.39 is 71.9 Å². The van der Waals surface area contributed by atoms with Gasteiger partial charge in [0, 0.05) is 47.9 Å². The second-order valence-electron chi connectivity index (χ2n) is 19.2. The predicted molar refractivity (Wildman–Crippen MR) is 269 cm³/mol. The standard InChI is InChI=1S/C56H54FN7O10/c1-3-56(72)40-23-44-51-37(27-64(44)53(69)39(40)29-73-54(56)70)50-42(20-19-32-30(2)41(57)24-43(62-51)49(32)50)61-46(65)18-11-21-63(45(52(58)68)22-31-12-5-4-6-13-31)48(67)26-59-47(66)25-60-55(71)74-28-38-35-16-9-7-14-33(35)34-15-8-10-17-36(34)38/h4-10,12-17,23-24,38,42,45,72H,3,11,18-22,25-29H2,1-2H3,(H2,58,68)(H,59,66)(H,60,71)(H,61,65)/t42-,45-,56-/m0/s1. The third-order valence-corrected chi connectivity index (χ3v) is 15.0. The van der Waals surface area contributed by atoms with E-state index >= 15 is 4.39 Å². The summed E-state index contributed by atoms with van der Waals surface area (Å²) in [5, 5.41) is 20.2. The molecule has 4 heterocycles. The molecular weight excluding hydrogens is 950 g/mol. The number of nitrogens with one attached hydrogen (secondary N) is 3. The Kier molecular flexibility index (Phi) is 13.3. The lowest BCUT2D eigenvalue weighted by Gasteiger charge is -2.31. The Hall–Kier alpha value is -8.25. The third-order valence-electron chi connectivity index (χ3n) is 15.0. The van der Waals surface area contributed by atoms with Gasteiger partial charge < -0.3 is 45.7 Å². The zero-order valence-electron chi connectivity index (χ0n) is 40.8. The van der Waals surface area contributed by atoms with Crippen molar-refractivity contribution < 1.29 is 47.7 Å². The number of aliphatic hydroxyl groups is 1. The van der Waals surface area contributed by atoms with Crippen molar-refractivity contribution in [2.75, 3.05) is 26.2 Å². The Morgan fingerprint density at radius 2 is 1.64 bits per heavy atom. The number of halogens is 1. The molecule has 0 fully saturated rings. The number of carbonyl (C=O) groups excluding carboxylic acids is 6. The van der Waals surface area contributed by atoms with Gasteiger partial charge in [-0.05, 0) is 83.2 Å². The first kappa shape index (κ1) is 49.3. The second kappa shape index (κ2) is 20.0. The maximum Gasteiger partial charge on any atom is 0.407 e. The fraction of sp³-hybridized carbons (Fsp3) is 0.321. The number of rotatable bonds is 16. The smallest absolute Gasteiger partial charge is 0.407 e. The Morgan fingerprint density at radius 3 is 2.34 bits per heavy atom. The number of carbonyl (C=O) groups is 6. The second-order valence-corrected chi connectivity index (χ2v) is 19.2. The average molecular weight is 1000 g/mol. The topological polar surface area (TPSA) is 241 Å². The summed E-state index contributed by atoms with van der Waals surface area (Å²) in [7, 11) is 0. The summed E-state index contributed by atoms with van der Waals surface area (Å²) >= 11 is 0. The molecule has 2 aromatic heterocycles. The number of pyridine rings is 2. The van der Waals surface area contributed by atoms with Crippen LogP contribution in [-0.4, -0.2) is 87.5 Å². The molecule has 0 bridgehead atoms. The molecule has 6 aromatic rings. The average Bonchev–Trinajstić information content (AvgIpc) is 3.94. The normalized spacial score (nSPS) is 17.2. The molecule has 4 aromatic carbocycles. The summed E-state index contributed by atoms with van der Waals surface area (Å²) in [5.74, 6) is -4.02. The van der Waals surface area contributed by atoms with Gasteiger partial charge in [0.1, 0.15) is 31.6 Å².